The predicted octanol–water partition coefficient (Wildman–Crippen LogP) is 2.20. The minimum Gasteiger partial charge on any atom is -0.454 e. The van der Waals surface area contributed by atoms with E-state index in [2.05, 4.69) is 21.5 Å². The summed E-state index contributed by atoms with van der Waals surface area (Å²) in [5.74, 6) is 1.38. The van der Waals surface area contributed by atoms with E-state index in [0.29, 0.717) is 36.3 Å². The highest BCUT2D eigenvalue weighted by atomic mass is 16.7. The largest absolute Gasteiger partial charge is 0.454 e. The van der Waals surface area contributed by atoms with E-state index in [0.717, 1.165) is 28.3 Å². The molecule has 1 amide bonds. The van der Waals surface area contributed by atoms with Crippen molar-refractivity contribution in [3.8, 4) is 17.6 Å². The second-order valence-corrected chi connectivity index (χ2v) is 6.63. The third-order valence-electron chi connectivity index (χ3n) is 4.86. The van der Waals surface area contributed by atoms with Crippen LogP contribution in [0.25, 0.3) is 5.65 Å². The maximum Gasteiger partial charge on any atom is 0.231 e. The number of rotatable bonds is 5. The van der Waals surface area contributed by atoms with E-state index in [9.17, 15) is 4.79 Å². The van der Waals surface area contributed by atoms with Crippen molar-refractivity contribution in [3.63, 3.8) is 0 Å². The van der Waals surface area contributed by atoms with Gasteiger partial charge >= 0.3 is 0 Å². The molecule has 1 aliphatic rings. The topological polar surface area (TPSA) is 102 Å². The van der Waals surface area contributed by atoms with Crippen LogP contribution in [-0.4, -0.2) is 27.3 Å². The van der Waals surface area contributed by atoms with Crippen molar-refractivity contribution in [2.45, 2.75) is 33.2 Å². The van der Waals surface area contributed by atoms with Crippen LogP contribution in [0.15, 0.2) is 24.4 Å². The molecule has 8 heteroatoms. The van der Waals surface area contributed by atoms with Gasteiger partial charge in [0.15, 0.2) is 17.1 Å². The fourth-order valence-electron chi connectivity index (χ4n) is 3.33. The van der Waals surface area contributed by atoms with Crippen LogP contribution < -0.4 is 14.8 Å². The number of carbonyl (C=O) groups excluding carboxylic acids is 1. The van der Waals surface area contributed by atoms with Gasteiger partial charge in [-0.3, -0.25) is 4.79 Å². The van der Waals surface area contributed by atoms with E-state index in [-0.39, 0.29) is 12.7 Å². The highest BCUT2D eigenvalue weighted by molar-refractivity contribution is 5.76. The molecule has 0 saturated heterocycles. The van der Waals surface area contributed by atoms with E-state index >= 15 is 0 Å². The van der Waals surface area contributed by atoms with Crippen molar-refractivity contribution >= 4 is 11.6 Å². The first-order chi connectivity index (χ1) is 13.6. The summed E-state index contributed by atoms with van der Waals surface area (Å²) in [6, 6.07) is 7.72. The Kier molecular flexibility index (Phi) is 4.57. The van der Waals surface area contributed by atoms with Crippen LogP contribution in [-0.2, 0) is 17.8 Å². The maximum absolute atomic E-state index is 12.3. The number of carbonyl (C=O) groups is 1. The van der Waals surface area contributed by atoms with Crippen LogP contribution >= 0.6 is 0 Å². The lowest BCUT2D eigenvalue weighted by Gasteiger charge is -2.11. The molecular formula is C20H19N5O3. The Hall–Kier alpha value is -3.60. The van der Waals surface area contributed by atoms with Gasteiger partial charge in [-0.25, -0.2) is 9.50 Å². The van der Waals surface area contributed by atoms with Crippen molar-refractivity contribution in [1.29, 1.82) is 5.26 Å². The minimum atomic E-state index is -0.0465. The molecule has 3 heterocycles. The number of benzene rings is 1. The molecule has 4 rings (SSSR count). The Morgan fingerprint density at radius 2 is 2.14 bits per heavy atom. The number of aromatic nitrogens is 3. The van der Waals surface area contributed by atoms with Crippen molar-refractivity contribution in [2.75, 3.05) is 6.79 Å². The molecule has 28 heavy (non-hydrogen) atoms. The van der Waals surface area contributed by atoms with Crippen LogP contribution in [0.5, 0.6) is 11.5 Å². The summed E-state index contributed by atoms with van der Waals surface area (Å²) in [7, 11) is 0. The smallest absolute Gasteiger partial charge is 0.231 e. The average Bonchev–Trinajstić information content (AvgIpc) is 3.32. The average molecular weight is 377 g/mol. The molecule has 0 radical (unpaired) electrons. The summed E-state index contributed by atoms with van der Waals surface area (Å²) in [6.07, 6.45) is 2.40. The zero-order valence-electron chi connectivity index (χ0n) is 15.7. The van der Waals surface area contributed by atoms with Gasteiger partial charge < -0.3 is 14.8 Å². The molecule has 0 atom stereocenters. The van der Waals surface area contributed by atoms with E-state index in [1.54, 1.807) is 4.52 Å². The van der Waals surface area contributed by atoms with Crippen LogP contribution in [0.4, 0.5) is 0 Å². The Balaban J connectivity index is 1.40. The number of nitrogens with one attached hydrogen (secondary N) is 1. The highest BCUT2D eigenvalue weighted by Gasteiger charge is 2.16. The fraction of sp³-hybridized carbons (Fsp3) is 0.300. The molecular weight excluding hydrogens is 358 g/mol. The lowest BCUT2D eigenvalue weighted by molar-refractivity contribution is -0.121. The van der Waals surface area contributed by atoms with Gasteiger partial charge in [0, 0.05) is 24.4 Å². The van der Waals surface area contributed by atoms with E-state index in [4.69, 9.17) is 14.7 Å². The Labute approximate surface area is 161 Å². The molecule has 3 aromatic rings. The molecule has 0 fully saturated rings. The van der Waals surface area contributed by atoms with Crippen LogP contribution in [0.3, 0.4) is 0 Å². The number of hydrogen-bond donors (Lipinski definition) is 1. The highest BCUT2D eigenvalue weighted by Crippen LogP contribution is 2.32. The second-order valence-electron chi connectivity index (χ2n) is 6.63. The van der Waals surface area contributed by atoms with Crippen molar-refractivity contribution in [2.24, 2.45) is 0 Å². The van der Waals surface area contributed by atoms with Gasteiger partial charge in [0.25, 0.3) is 0 Å². The molecule has 142 valence electrons. The number of fused-ring (bicyclic) bond motifs is 2. The van der Waals surface area contributed by atoms with Crippen molar-refractivity contribution in [3.05, 3.63) is 52.5 Å². The number of nitrogens with zero attached hydrogens (tertiary/aromatic N) is 4. The minimum absolute atomic E-state index is 0.0465. The predicted molar refractivity (Wildman–Crippen MR) is 99.9 cm³/mol. The number of ether oxygens (including phenoxy) is 2. The van der Waals surface area contributed by atoms with Gasteiger partial charge in [-0.1, -0.05) is 6.07 Å². The summed E-state index contributed by atoms with van der Waals surface area (Å²) in [6.45, 7) is 4.47. The first-order valence-corrected chi connectivity index (χ1v) is 8.96. The molecule has 0 bridgehead atoms. The Morgan fingerprint density at radius 1 is 1.32 bits per heavy atom. The van der Waals surface area contributed by atoms with Crippen LogP contribution in [0.1, 0.15) is 34.5 Å². The van der Waals surface area contributed by atoms with Gasteiger partial charge in [0.2, 0.25) is 12.7 Å². The third kappa shape index (κ3) is 3.22. The molecule has 1 aromatic carbocycles. The van der Waals surface area contributed by atoms with Crippen LogP contribution in [0, 0.1) is 25.2 Å². The van der Waals surface area contributed by atoms with Crippen molar-refractivity contribution in [1.82, 2.24) is 19.9 Å². The van der Waals surface area contributed by atoms with E-state index in [1.165, 1.54) is 6.20 Å². The monoisotopic (exact) mass is 377 g/mol. The summed E-state index contributed by atoms with van der Waals surface area (Å²) in [4.78, 5) is 16.8. The quantitative estimate of drug-likeness (QED) is 0.731. The Bertz CT molecular complexity index is 1110. The normalized spacial score (nSPS) is 12.2. The SMILES string of the molecule is Cc1nc2c(C#N)cnn2c(C)c1CCC(=O)NCc1ccc2c(c1)OCO2. The number of aryl methyl sites for hydroxylation is 2. The third-order valence-corrected chi connectivity index (χ3v) is 4.86. The molecule has 8 nitrogen and oxygen atoms in total. The first-order valence-electron chi connectivity index (χ1n) is 8.96. The van der Waals surface area contributed by atoms with E-state index < -0.39 is 0 Å². The second kappa shape index (κ2) is 7.19. The summed E-state index contributed by atoms with van der Waals surface area (Å²) >= 11 is 0. The molecule has 0 aliphatic carbocycles. The standard InChI is InChI=1S/C20H19N5O3/c1-12-16(13(2)25-20(24-12)15(8-21)10-23-25)4-6-19(26)22-9-14-3-5-17-18(7-14)28-11-27-17/h3,5,7,10H,4,6,9,11H2,1-2H3,(H,22,26). The first kappa shape index (κ1) is 17.8. The zero-order valence-corrected chi connectivity index (χ0v) is 15.7. The molecule has 2 aromatic heterocycles. The van der Waals surface area contributed by atoms with Gasteiger partial charge in [-0.05, 0) is 43.5 Å². The zero-order chi connectivity index (χ0) is 19.7. The maximum atomic E-state index is 12.3. The molecule has 0 unspecified atom stereocenters. The van der Waals surface area contributed by atoms with E-state index in [1.807, 2.05) is 32.0 Å². The Morgan fingerprint density at radius 3 is 2.96 bits per heavy atom. The summed E-state index contributed by atoms with van der Waals surface area (Å²) in [5, 5.41) is 16.3. The van der Waals surface area contributed by atoms with Crippen molar-refractivity contribution < 1.29 is 14.3 Å². The summed E-state index contributed by atoms with van der Waals surface area (Å²) in [5.41, 5.74) is 4.62. The number of hydrogen-bond acceptors (Lipinski definition) is 6. The fourth-order valence-corrected chi connectivity index (χ4v) is 3.33. The molecule has 0 saturated carbocycles. The van der Waals surface area contributed by atoms with Gasteiger partial charge in [-0.15, -0.1) is 0 Å². The van der Waals surface area contributed by atoms with Gasteiger partial charge in [0.1, 0.15) is 11.6 Å². The number of nitriles is 1. The lowest BCUT2D eigenvalue weighted by Crippen LogP contribution is -2.23. The van der Waals surface area contributed by atoms with Gasteiger partial charge in [0.05, 0.1) is 6.20 Å². The molecule has 1 aliphatic heterocycles. The number of amides is 1. The van der Waals surface area contributed by atoms with Crippen LogP contribution in [0.2, 0.25) is 0 Å². The lowest BCUT2D eigenvalue weighted by atomic mass is 10.1. The summed E-state index contributed by atoms with van der Waals surface area (Å²) < 4.78 is 12.3. The molecule has 1 N–H and O–H groups in total. The molecule has 0 spiro atoms. The van der Waals surface area contributed by atoms with Gasteiger partial charge in [-0.2, -0.15) is 10.4 Å².